The van der Waals surface area contributed by atoms with Crippen molar-refractivity contribution in [2.75, 3.05) is 0 Å². The van der Waals surface area contributed by atoms with Crippen molar-refractivity contribution in [3.63, 3.8) is 0 Å². The first-order valence-corrected chi connectivity index (χ1v) is 15.8. The molecule has 0 N–H and O–H groups in total. The first kappa shape index (κ1) is 8.64. The molecule has 2 nitrogen and oxygen atoms in total. The van der Waals surface area contributed by atoms with Crippen molar-refractivity contribution in [1.29, 1.82) is 0 Å². The van der Waals surface area contributed by atoms with Crippen LogP contribution in [-0.4, -0.2) is 0 Å². The van der Waals surface area contributed by atoms with Crippen LogP contribution in [0, 0.1) is 0 Å². The second-order valence-electron chi connectivity index (χ2n) is 1.13. The third-order valence-corrected chi connectivity index (χ3v) is 0. The second-order valence-corrected chi connectivity index (χ2v) is 34.3. The molecule has 0 bridgehead atoms. The molecule has 44 valence electrons. The molecule has 0 spiro atoms. The van der Waals surface area contributed by atoms with E-state index in [1.807, 2.05) is 0 Å². The third kappa shape index (κ3) is 90.2. The van der Waals surface area contributed by atoms with Gasteiger partial charge in [0.25, 0.3) is 0 Å². The van der Waals surface area contributed by atoms with Crippen molar-refractivity contribution in [1.82, 2.24) is 0 Å². The van der Waals surface area contributed by atoms with E-state index in [-0.39, 0.29) is 0 Å². The molecule has 0 aromatic heterocycles. The summed E-state index contributed by atoms with van der Waals surface area (Å²) in [5.41, 5.74) is 0. The van der Waals surface area contributed by atoms with Crippen LogP contribution in [0.25, 0.3) is 0 Å². The molecule has 0 heterocycles. The summed E-state index contributed by atoms with van der Waals surface area (Å²) in [7, 11) is 17.7. The molecular weight excluding hydrogens is 265 g/mol. The van der Waals surface area contributed by atoms with Gasteiger partial charge in [-0.3, -0.25) is 0 Å². The SMILES string of the molecule is [O]=[Zr](=[O])([Cl])([Cl])([Cl])[Cl]. The van der Waals surface area contributed by atoms with Crippen LogP contribution in [0.5, 0.6) is 0 Å². The van der Waals surface area contributed by atoms with Gasteiger partial charge in [-0.15, -0.1) is 0 Å². The molecule has 0 fully saturated rings. The minimum absolute atomic E-state index is 4.43. The molecule has 0 aliphatic carbocycles. The van der Waals surface area contributed by atoms with Gasteiger partial charge in [-0.05, 0) is 0 Å². The number of rotatable bonds is 0. The van der Waals surface area contributed by atoms with E-state index in [2.05, 4.69) is 34.1 Å². The summed E-state index contributed by atoms with van der Waals surface area (Å²) >= 11 is -6.93. The van der Waals surface area contributed by atoms with Crippen LogP contribution in [0.4, 0.5) is 0 Å². The van der Waals surface area contributed by atoms with Crippen LogP contribution in [0.15, 0.2) is 0 Å². The molecule has 0 aliphatic rings. The number of hydrogen-bond donors (Lipinski definition) is 0. The van der Waals surface area contributed by atoms with Gasteiger partial charge in [0.1, 0.15) is 0 Å². The maximum atomic E-state index is 9.97. The predicted molar refractivity (Wildman–Crippen MR) is 24.8 cm³/mol. The summed E-state index contributed by atoms with van der Waals surface area (Å²) in [5, 5.41) is 0. The Morgan fingerprint density at radius 3 is 0.857 bits per heavy atom. The molecule has 0 saturated carbocycles. The molecule has 0 unspecified atom stereocenters. The van der Waals surface area contributed by atoms with Gasteiger partial charge < -0.3 is 0 Å². The summed E-state index contributed by atoms with van der Waals surface area (Å²) in [6.45, 7) is 0. The summed E-state index contributed by atoms with van der Waals surface area (Å²) in [6.07, 6.45) is 0. The standard InChI is InChI=1S/4ClH.2O.Zr/h4*1H;;;/q;;;;;;+4/p-4. The van der Waals surface area contributed by atoms with E-state index in [9.17, 15) is 5.63 Å². The summed E-state index contributed by atoms with van der Waals surface area (Å²) in [5.74, 6) is 0. The minimum atomic E-state index is -6.93. The van der Waals surface area contributed by atoms with Crippen LogP contribution >= 0.6 is 34.1 Å². The molecule has 0 aromatic rings. The summed E-state index contributed by atoms with van der Waals surface area (Å²) < 4.78 is 19.9. The monoisotopic (exact) mass is 262 g/mol. The molecule has 0 aliphatic heterocycles. The van der Waals surface area contributed by atoms with Crippen molar-refractivity contribution in [2.24, 2.45) is 0 Å². The molecule has 7 heavy (non-hydrogen) atoms. The average molecular weight is 265 g/mol. The van der Waals surface area contributed by atoms with Crippen LogP contribution in [0.3, 0.4) is 0 Å². The Hall–Kier alpha value is 1.64. The van der Waals surface area contributed by atoms with Crippen LogP contribution in [0.2, 0.25) is 0 Å². The van der Waals surface area contributed by atoms with Gasteiger partial charge in [0.15, 0.2) is 0 Å². The van der Waals surface area contributed by atoms with Gasteiger partial charge in [-0.2, -0.15) is 0 Å². The van der Waals surface area contributed by atoms with Gasteiger partial charge in [0, 0.05) is 0 Å². The van der Waals surface area contributed by atoms with Crippen molar-refractivity contribution < 1.29 is 18.2 Å². The van der Waals surface area contributed by atoms with Crippen LogP contribution < -0.4 is 0 Å². The normalized spacial score (nSPS) is 17.7. The second kappa shape index (κ2) is 1.22. The molecular formula is Cl4O2Zr. The molecule has 0 atom stereocenters. The zero-order valence-electron chi connectivity index (χ0n) is 2.83. The van der Waals surface area contributed by atoms with E-state index in [0.717, 1.165) is 0 Å². The fourth-order valence-corrected chi connectivity index (χ4v) is 0. The average Bonchev–Trinajstić information content (AvgIpc) is 0.592. The van der Waals surface area contributed by atoms with Gasteiger partial charge in [-0.1, -0.05) is 0 Å². The first-order valence-electron chi connectivity index (χ1n) is 1.16. The fourth-order valence-electron chi connectivity index (χ4n) is 0. The van der Waals surface area contributed by atoms with Gasteiger partial charge in [0.2, 0.25) is 0 Å². The molecule has 0 saturated heterocycles. The Labute approximate surface area is 51.6 Å². The molecule has 7 heteroatoms. The summed E-state index contributed by atoms with van der Waals surface area (Å²) in [6, 6.07) is 0. The van der Waals surface area contributed by atoms with Crippen LogP contribution in [-0.2, 0) is 18.2 Å². The van der Waals surface area contributed by atoms with E-state index in [1.54, 1.807) is 0 Å². The van der Waals surface area contributed by atoms with Crippen LogP contribution in [0.1, 0.15) is 0 Å². The topological polar surface area (TPSA) is 34.1 Å². The van der Waals surface area contributed by atoms with Crippen molar-refractivity contribution in [2.45, 2.75) is 0 Å². The Balaban J connectivity index is 5.35. The van der Waals surface area contributed by atoms with E-state index in [1.165, 1.54) is 0 Å². The van der Waals surface area contributed by atoms with Crippen molar-refractivity contribution >= 4 is 34.1 Å². The van der Waals surface area contributed by atoms with Gasteiger partial charge >= 0.3 is 52.2 Å². The Bertz CT molecular complexity index is 189. The molecule has 0 amide bonds. The predicted octanol–water partition coefficient (Wildman–Crippen LogP) is 2.52. The number of hydrogen-bond acceptors (Lipinski definition) is 2. The zero-order chi connectivity index (χ0) is 6.41. The fraction of sp³-hybridized carbons (Fsp3) is 0. The van der Waals surface area contributed by atoms with E-state index in [0.29, 0.717) is 0 Å². The molecule has 0 rings (SSSR count). The van der Waals surface area contributed by atoms with E-state index in [4.69, 9.17) is 0 Å². The Morgan fingerprint density at radius 2 is 0.857 bits per heavy atom. The third-order valence-electron chi connectivity index (χ3n) is 0. The quantitative estimate of drug-likeness (QED) is 0.674. The first-order chi connectivity index (χ1) is 2.45. The van der Waals surface area contributed by atoms with Gasteiger partial charge in [0.05, 0.1) is 0 Å². The molecule has 0 radical (unpaired) electrons. The number of halogens is 4. The molecule has 0 aromatic carbocycles. The Morgan fingerprint density at radius 1 is 0.857 bits per heavy atom. The van der Waals surface area contributed by atoms with E-state index >= 15 is 0 Å². The van der Waals surface area contributed by atoms with Gasteiger partial charge in [-0.25, -0.2) is 0 Å². The zero-order valence-corrected chi connectivity index (χ0v) is 8.31. The van der Waals surface area contributed by atoms with Crippen molar-refractivity contribution in [3.8, 4) is 0 Å². The summed E-state index contributed by atoms with van der Waals surface area (Å²) in [4.78, 5) is 0. The Kier molecular flexibility index (Phi) is 1.50. The maximum absolute atomic E-state index is 9.97. The van der Waals surface area contributed by atoms with E-state index < -0.39 is 12.5 Å². The van der Waals surface area contributed by atoms with Crippen molar-refractivity contribution in [3.05, 3.63) is 0 Å².